The highest BCUT2D eigenvalue weighted by Crippen LogP contribution is 2.28. The number of carbonyl (C=O) groups is 1. The van der Waals surface area contributed by atoms with Crippen LogP contribution in [0.3, 0.4) is 0 Å². The molecule has 0 saturated heterocycles. The van der Waals surface area contributed by atoms with Gasteiger partial charge in [-0.2, -0.15) is 0 Å². The van der Waals surface area contributed by atoms with Crippen molar-refractivity contribution in [3.8, 4) is 0 Å². The molecule has 0 heterocycles. The van der Waals surface area contributed by atoms with Crippen LogP contribution in [0.15, 0.2) is 0 Å². The largest absolute Gasteiger partial charge is 0.465 e. The first-order valence-corrected chi connectivity index (χ1v) is 6.18. The molecule has 0 aromatic heterocycles. The molecule has 0 aromatic carbocycles. The number of rotatable bonds is 7. The highest BCUT2D eigenvalue weighted by atomic mass is 16.5. The second-order valence-electron chi connectivity index (χ2n) is 4.25. The van der Waals surface area contributed by atoms with Gasteiger partial charge >= 0.3 is 5.97 Å². The van der Waals surface area contributed by atoms with Crippen molar-refractivity contribution in [3.63, 3.8) is 0 Å². The highest BCUT2D eigenvalue weighted by Gasteiger charge is 2.19. The molecule has 3 nitrogen and oxygen atoms in total. The van der Waals surface area contributed by atoms with E-state index in [-0.39, 0.29) is 12.0 Å². The molecular formula is C12H23NO2. The quantitative estimate of drug-likeness (QED) is 0.658. The van der Waals surface area contributed by atoms with E-state index in [2.05, 4.69) is 5.32 Å². The van der Waals surface area contributed by atoms with Crippen molar-refractivity contribution < 1.29 is 9.53 Å². The number of hydrogen-bond donors (Lipinski definition) is 1. The third-order valence-electron chi connectivity index (χ3n) is 3.15. The van der Waals surface area contributed by atoms with Crippen LogP contribution in [0.1, 0.15) is 46.0 Å². The van der Waals surface area contributed by atoms with Crippen molar-refractivity contribution in [2.24, 2.45) is 5.92 Å². The Balaban J connectivity index is 2.11. The summed E-state index contributed by atoms with van der Waals surface area (Å²) in [6, 6.07) is -0.106. The maximum Gasteiger partial charge on any atom is 0.323 e. The Kier molecular flexibility index (Phi) is 5.69. The molecule has 88 valence electrons. The van der Waals surface area contributed by atoms with E-state index in [0.717, 1.165) is 18.9 Å². The molecule has 1 N–H and O–H groups in total. The zero-order valence-electron chi connectivity index (χ0n) is 9.92. The first kappa shape index (κ1) is 12.5. The smallest absolute Gasteiger partial charge is 0.323 e. The van der Waals surface area contributed by atoms with Crippen molar-refractivity contribution in [2.45, 2.75) is 52.0 Å². The van der Waals surface area contributed by atoms with Crippen molar-refractivity contribution in [3.05, 3.63) is 0 Å². The Morgan fingerprint density at radius 2 is 2.20 bits per heavy atom. The Morgan fingerprint density at radius 1 is 1.47 bits per heavy atom. The Morgan fingerprint density at radius 3 is 2.67 bits per heavy atom. The molecule has 0 radical (unpaired) electrons. The lowest BCUT2D eigenvalue weighted by Crippen LogP contribution is -2.38. The summed E-state index contributed by atoms with van der Waals surface area (Å²) >= 11 is 0. The molecule has 1 rings (SSSR count). The van der Waals surface area contributed by atoms with Gasteiger partial charge in [0.15, 0.2) is 0 Å². The number of nitrogens with one attached hydrogen (secondary N) is 1. The molecule has 1 fully saturated rings. The Labute approximate surface area is 92.6 Å². The van der Waals surface area contributed by atoms with E-state index >= 15 is 0 Å². The maximum atomic E-state index is 11.4. The summed E-state index contributed by atoms with van der Waals surface area (Å²) in [4.78, 5) is 11.4. The predicted octanol–water partition coefficient (Wildman–Crippen LogP) is 2.11. The van der Waals surface area contributed by atoms with Crippen LogP contribution in [0.5, 0.6) is 0 Å². The topological polar surface area (TPSA) is 38.3 Å². The molecular weight excluding hydrogens is 190 g/mol. The zero-order valence-corrected chi connectivity index (χ0v) is 9.92. The van der Waals surface area contributed by atoms with Crippen LogP contribution in [-0.2, 0) is 9.53 Å². The van der Waals surface area contributed by atoms with Gasteiger partial charge in [0.2, 0.25) is 0 Å². The van der Waals surface area contributed by atoms with Gasteiger partial charge in [0.1, 0.15) is 6.04 Å². The normalized spacial score (nSPS) is 18.3. The predicted molar refractivity (Wildman–Crippen MR) is 60.7 cm³/mol. The van der Waals surface area contributed by atoms with E-state index in [1.165, 1.54) is 25.7 Å². The highest BCUT2D eigenvalue weighted by molar-refractivity contribution is 5.75. The van der Waals surface area contributed by atoms with Crippen LogP contribution in [0.4, 0.5) is 0 Å². The van der Waals surface area contributed by atoms with Crippen LogP contribution < -0.4 is 5.32 Å². The number of esters is 1. The van der Waals surface area contributed by atoms with Crippen molar-refractivity contribution in [1.29, 1.82) is 0 Å². The fraction of sp³-hybridized carbons (Fsp3) is 0.917. The number of ether oxygens (including phenoxy) is 1. The van der Waals surface area contributed by atoms with Gasteiger partial charge in [-0.1, -0.05) is 26.2 Å². The van der Waals surface area contributed by atoms with Crippen LogP contribution >= 0.6 is 0 Å². The molecule has 0 aliphatic heterocycles. The van der Waals surface area contributed by atoms with Gasteiger partial charge in [-0.25, -0.2) is 0 Å². The average Bonchev–Trinajstić information content (AvgIpc) is 2.15. The summed E-state index contributed by atoms with van der Waals surface area (Å²) in [5, 5.41) is 3.28. The SMILES string of the molecule is CCOC(=O)C(CC)NCCC1CCC1. The molecule has 1 aliphatic rings. The van der Waals surface area contributed by atoms with Crippen LogP contribution in [0, 0.1) is 5.92 Å². The summed E-state index contributed by atoms with van der Waals surface area (Å²) in [5.74, 6) is 0.797. The summed E-state index contributed by atoms with van der Waals surface area (Å²) in [5.41, 5.74) is 0. The van der Waals surface area contributed by atoms with Crippen molar-refractivity contribution >= 4 is 5.97 Å². The van der Waals surface area contributed by atoms with Gasteiger partial charge in [-0.3, -0.25) is 4.79 Å². The minimum atomic E-state index is -0.106. The van der Waals surface area contributed by atoms with Gasteiger partial charge in [0.25, 0.3) is 0 Å². The molecule has 1 unspecified atom stereocenters. The minimum Gasteiger partial charge on any atom is -0.465 e. The Hall–Kier alpha value is -0.570. The molecule has 1 atom stereocenters. The van der Waals surface area contributed by atoms with E-state index in [0.29, 0.717) is 6.61 Å². The lowest BCUT2D eigenvalue weighted by atomic mass is 9.83. The summed E-state index contributed by atoms with van der Waals surface area (Å²) in [7, 11) is 0. The lowest BCUT2D eigenvalue weighted by molar-refractivity contribution is -0.145. The molecule has 1 saturated carbocycles. The number of hydrogen-bond acceptors (Lipinski definition) is 3. The fourth-order valence-corrected chi connectivity index (χ4v) is 1.88. The van der Waals surface area contributed by atoms with E-state index in [4.69, 9.17) is 4.74 Å². The maximum absolute atomic E-state index is 11.4. The molecule has 3 heteroatoms. The molecule has 1 aliphatic carbocycles. The van der Waals surface area contributed by atoms with Gasteiger partial charge in [0, 0.05) is 0 Å². The van der Waals surface area contributed by atoms with Crippen LogP contribution in [0.25, 0.3) is 0 Å². The fourth-order valence-electron chi connectivity index (χ4n) is 1.88. The molecule has 0 amide bonds. The molecule has 0 bridgehead atoms. The van der Waals surface area contributed by atoms with Crippen molar-refractivity contribution in [2.75, 3.05) is 13.2 Å². The minimum absolute atomic E-state index is 0.103. The number of carbonyl (C=O) groups excluding carboxylic acids is 1. The zero-order chi connectivity index (χ0) is 11.1. The van der Waals surface area contributed by atoms with E-state index < -0.39 is 0 Å². The van der Waals surface area contributed by atoms with E-state index in [1.54, 1.807) is 0 Å². The van der Waals surface area contributed by atoms with Crippen LogP contribution in [0.2, 0.25) is 0 Å². The van der Waals surface area contributed by atoms with Gasteiger partial charge in [-0.15, -0.1) is 0 Å². The standard InChI is InChI=1S/C12H23NO2/c1-3-11(12(14)15-4-2)13-9-8-10-6-5-7-10/h10-11,13H,3-9H2,1-2H3. The van der Waals surface area contributed by atoms with Gasteiger partial charge in [0.05, 0.1) is 6.61 Å². The van der Waals surface area contributed by atoms with E-state index in [9.17, 15) is 4.79 Å². The summed E-state index contributed by atoms with van der Waals surface area (Å²) < 4.78 is 4.99. The van der Waals surface area contributed by atoms with Gasteiger partial charge in [-0.05, 0) is 32.2 Å². The second kappa shape index (κ2) is 6.83. The van der Waals surface area contributed by atoms with E-state index in [1.807, 2.05) is 13.8 Å². The summed E-state index contributed by atoms with van der Waals surface area (Å²) in [6.07, 6.45) is 6.15. The third kappa shape index (κ3) is 4.20. The lowest BCUT2D eigenvalue weighted by Gasteiger charge is -2.26. The first-order chi connectivity index (χ1) is 7.27. The first-order valence-electron chi connectivity index (χ1n) is 6.18. The van der Waals surface area contributed by atoms with Gasteiger partial charge < -0.3 is 10.1 Å². The molecule has 0 aromatic rings. The van der Waals surface area contributed by atoms with Crippen molar-refractivity contribution in [1.82, 2.24) is 5.32 Å². The summed E-state index contributed by atoms with van der Waals surface area (Å²) in [6.45, 7) is 5.28. The average molecular weight is 213 g/mol. The third-order valence-corrected chi connectivity index (χ3v) is 3.15. The second-order valence-corrected chi connectivity index (χ2v) is 4.25. The monoisotopic (exact) mass is 213 g/mol. The Bertz CT molecular complexity index is 190. The molecule has 0 spiro atoms. The van der Waals surface area contributed by atoms with Crippen LogP contribution in [-0.4, -0.2) is 25.2 Å². The molecule has 15 heavy (non-hydrogen) atoms.